The van der Waals surface area contributed by atoms with Gasteiger partial charge >= 0.3 is 0 Å². The van der Waals surface area contributed by atoms with E-state index < -0.39 is 0 Å². The molecule has 1 saturated heterocycles. The number of carbonyl (C=O) groups is 1. The third kappa shape index (κ3) is 2.27. The molecule has 1 aromatic carbocycles. The molecule has 2 heterocycles. The fraction of sp³-hybridized carbons (Fsp3) is 0.533. The fourth-order valence-electron chi connectivity index (χ4n) is 2.91. The lowest BCUT2D eigenvalue weighted by atomic mass is 10.0. The van der Waals surface area contributed by atoms with Crippen LogP contribution in [0.25, 0.3) is 0 Å². The van der Waals surface area contributed by atoms with E-state index >= 15 is 0 Å². The summed E-state index contributed by atoms with van der Waals surface area (Å²) in [5.74, 6) is 0.973. The Morgan fingerprint density at radius 1 is 1.11 bits per heavy atom. The van der Waals surface area contributed by atoms with Crippen molar-refractivity contribution in [2.24, 2.45) is 0 Å². The van der Waals surface area contributed by atoms with Crippen LogP contribution in [0.1, 0.15) is 36.0 Å². The Bertz CT molecular complexity index is 438. The molecule has 1 aromatic rings. The van der Waals surface area contributed by atoms with E-state index in [4.69, 9.17) is 4.74 Å². The number of rotatable bonds is 1. The molecule has 0 N–H and O–H groups in total. The highest BCUT2D eigenvalue weighted by Crippen LogP contribution is 2.26. The van der Waals surface area contributed by atoms with Crippen LogP contribution in [0, 0.1) is 0 Å². The van der Waals surface area contributed by atoms with Crippen LogP contribution in [-0.2, 0) is 0 Å². The van der Waals surface area contributed by atoms with E-state index in [1.165, 1.54) is 19.3 Å². The smallest absolute Gasteiger partial charge is 0.168 e. The highest BCUT2D eigenvalue weighted by molar-refractivity contribution is 5.99. The standard InChI is InChI=1S/C15H19NO2/c17-14-10-12(16-8-4-1-5-9-16)11-18-15-7-3-2-6-13(14)15/h2-3,6-7,12H,1,4-5,8-11H2. The second-order valence-electron chi connectivity index (χ2n) is 5.18. The van der Waals surface area contributed by atoms with Gasteiger partial charge in [-0.25, -0.2) is 0 Å². The van der Waals surface area contributed by atoms with E-state index in [0.717, 1.165) is 24.4 Å². The normalized spacial score (nSPS) is 25.1. The van der Waals surface area contributed by atoms with Crippen molar-refractivity contribution in [2.75, 3.05) is 19.7 Å². The lowest BCUT2D eigenvalue weighted by molar-refractivity contribution is 0.0851. The lowest BCUT2D eigenvalue weighted by Gasteiger charge is -2.33. The molecule has 2 aliphatic heterocycles. The van der Waals surface area contributed by atoms with Crippen LogP contribution >= 0.6 is 0 Å². The van der Waals surface area contributed by atoms with Gasteiger partial charge in [-0.2, -0.15) is 0 Å². The van der Waals surface area contributed by atoms with E-state index in [-0.39, 0.29) is 11.8 Å². The first-order valence-corrected chi connectivity index (χ1v) is 6.83. The highest BCUT2D eigenvalue weighted by Gasteiger charge is 2.28. The molecule has 0 radical (unpaired) electrons. The number of ketones is 1. The molecule has 0 aliphatic carbocycles. The topological polar surface area (TPSA) is 29.5 Å². The van der Waals surface area contributed by atoms with Gasteiger partial charge in [0.25, 0.3) is 0 Å². The van der Waals surface area contributed by atoms with Gasteiger partial charge in [0.15, 0.2) is 5.78 Å². The van der Waals surface area contributed by atoms with Crippen LogP contribution in [-0.4, -0.2) is 36.4 Å². The summed E-state index contributed by atoms with van der Waals surface area (Å²) in [5.41, 5.74) is 0.747. The Balaban J connectivity index is 1.77. The molecule has 0 saturated carbocycles. The number of likely N-dealkylation sites (tertiary alicyclic amines) is 1. The van der Waals surface area contributed by atoms with Gasteiger partial charge in [0.2, 0.25) is 0 Å². The fourth-order valence-corrected chi connectivity index (χ4v) is 2.91. The maximum absolute atomic E-state index is 12.3. The summed E-state index contributed by atoms with van der Waals surface area (Å²) in [6, 6.07) is 7.85. The number of ether oxygens (including phenoxy) is 1. The molecule has 2 aliphatic rings. The number of carbonyl (C=O) groups excluding carboxylic acids is 1. The van der Waals surface area contributed by atoms with Crippen molar-refractivity contribution in [3.8, 4) is 5.75 Å². The highest BCUT2D eigenvalue weighted by atomic mass is 16.5. The number of benzene rings is 1. The first kappa shape index (κ1) is 11.7. The molecule has 96 valence electrons. The van der Waals surface area contributed by atoms with E-state index in [9.17, 15) is 4.79 Å². The van der Waals surface area contributed by atoms with Crippen LogP contribution < -0.4 is 4.74 Å². The SMILES string of the molecule is O=C1CC(N2CCCCC2)COc2ccccc21. The second-order valence-corrected chi connectivity index (χ2v) is 5.18. The zero-order chi connectivity index (χ0) is 12.4. The van der Waals surface area contributed by atoms with Crippen molar-refractivity contribution in [2.45, 2.75) is 31.7 Å². The van der Waals surface area contributed by atoms with Gasteiger partial charge in [-0.15, -0.1) is 0 Å². The van der Waals surface area contributed by atoms with Gasteiger partial charge < -0.3 is 4.74 Å². The second kappa shape index (κ2) is 5.11. The molecule has 3 heteroatoms. The molecule has 18 heavy (non-hydrogen) atoms. The molecule has 1 atom stereocenters. The van der Waals surface area contributed by atoms with Crippen LogP contribution in [0.15, 0.2) is 24.3 Å². The Labute approximate surface area is 108 Å². The average molecular weight is 245 g/mol. The Kier molecular flexibility index (Phi) is 3.33. The average Bonchev–Trinajstić information content (AvgIpc) is 2.60. The van der Waals surface area contributed by atoms with Crippen molar-refractivity contribution in [1.29, 1.82) is 0 Å². The van der Waals surface area contributed by atoms with Gasteiger partial charge in [-0.05, 0) is 38.1 Å². The van der Waals surface area contributed by atoms with Gasteiger partial charge in [-0.1, -0.05) is 18.6 Å². The third-order valence-electron chi connectivity index (χ3n) is 3.95. The molecule has 0 aromatic heterocycles. The van der Waals surface area contributed by atoms with E-state index in [1.807, 2.05) is 24.3 Å². The number of piperidine rings is 1. The van der Waals surface area contributed by atoms with Gasteiger partial charge in [0, 0.05) is 6.42 Å². The summed E-state index contributed by atoms with van der Waals surface area (Å²) >= 11 is 0. The minimum absolute atomic E-state index is 0.221. The number of hydrogen-bond donors (Lipinski definition) is 0. The van der Waals surface area contributed by atoms with Crippen molar-refractivity contribution in [3.63, 3.8) is 0 Å². The predicted octanol–water partition coefficient (Wildman–Crippen LogP) is 2.51. The van der Waals surface area contributed by atoms with E-state index in [2.05, 4.69) is 4.90 Å². The van der Waals surface area contributed by atoms with E-state index in [0.29, 0.717) is 13.0 Å². The summed E-state index contributed by atoms with van der Waals surface area (Å²) < 4.78 is 5.82. The van der Waals surface area contributed by atoms with Crippen LogP contribution in [0.2, 0.25) is 0 Å². The third-order valence-corrected chi connectivity index (χ3v) is 3.95. The predicted molar refractivity (Wildman–Crippen MR) is 70.1 cm³/mol. The summed E-state index contributed by atoms with van der Waals surface area (Å²) in [7, 11) is 0. The largest absolute Gasteiger partial charge is 0.491 e. The number of Topliss-reactive ketones (excluding diaryl/α,β-unsaturated/α-hetero) is 1. The number of fused-ring (bicyclic) bond motifs is 1. The maximum atomic E-state index is 12.3. The minimum Gasteiger partial charge on any atom is -0.491 e. The Morgan fingerprint density at radius 2 is 1.89 bits per heavy atom. The summed E-state index contributed by atoms with van der Waals surface area (Å²) in [4.78, 5) is 14.7. The van der Waals surface area contributed by atoms with Gasteiger partial charge in [0.1, 0.15) is 12.4 Å². The first-order valence-electron chi connectivity index (χ1n) is 6.83. The van der Waals surface area contributed by atoms with E-state index in [1.54, 1.807) is 0 Å². The lowest BCUT2D eigenvalue weighted by Crippen LogP contribution is -2.43. The number of nitrogens with zero attached hydrogens (tertiary/aromatic N) is 1. The van der Waals surface area contributed by atoms with Crippen molar-refractivity contribution in [3.05, 3.63) is 29.8 Å². The maximum Gasteiger partial charge on any atom is 0.168 e. The minimum atomic E-state index is 0.221. The first-order chi connectivity index (χ1) is 8.84. The molecular formula is C15H19NO2. The quantitative estimate of drug-likeness (QED) is 0.761. The van der Waals surface area contributed by atoms with Gasteiger partial charge in [-0.3, -0.25) is 9.69 Å². The molecule has 1 fully saturated rings. The number of hydrogen-bond acceptors (Lipinski definition) is 3. The monoisotopic (exact) mass is 245 g/mol. The van der Waals surface area contributed by atoms with Crippen molar-refractivity contribution in [1.82, 2.24) is 4.90 Å². The molecule has 0 spiro atoms. The molecule has 3 nitrogen and oxygen atoms in total. The Hall–Kier alpha value is -1.35. The molecule has 0 amide bonds. The molecule has 1 unspecified atom stereocenters. The van der Waals surface area contributed by atoms with Crippen molar-refractivity contribution >= 4 is 5.78 Å². The van der Waals surface area contributed by atoms with Crippen molar-refractivity contribution < 1.29 is 9.53 Å². The molecule has 3 rings (SSSR count). The van der Waals surface area contributed by atoms with Crippen LogP contribution in [0.4, 0.5) is 0 Å². The number of para-hydroxylation sites is 1. The van der Waals surface area contributed by atoms with Crippen LogP contribution in [0.3, 0.4) is 0 Å². The summed E-state index contributed by atoms with van der Waals surface area (Å²) in [5, 5.41) is 0. The zero-order valence-electron chi connectivity index (χ0n) is 10.6. The molecule has 0 bridgehead atoms. The van der Waals surface area contributed by atoms with Crippen LogP contribution in [0.5, 0.6) is 5.75 Å². The molecular weight excluding hydrogens is 226 g/mol. The Morgan fingerprint density at radius 3 is 2.72 bits per heavy atom. The summed E-state index contributed by atoms with van der Waals surface area (Å²) in [6.45, 7) is 2.86. The van der Waals surface area contributed by atoms with Gasteiger partial charge in [0.05, 0.1) is 11.6 Å². The summed E-state index contributed by atoms with van der Waals surface area (Å²) in [6.07, 6.45) is 4.41. The zero-order valence-corrected chi connectivity index (χ0v) is 10.6.